The molecule has 2 aromatic heterocycles. The summed E-state index contributed by atoms with van der Waals surface area (Å²) in [5.41, 5.74) is 1.05. The molecule has 2 atom stereocenters. The monoisotopic (exact) mass is 599 g/mol. The third kappa shape index (κ3) is 5.86. The molecule has 2 fully saturated rings. The van der Waals surface area contributed by atoms with Gasteiger partial charge in [0.05, 0.1) is 17.5 Å². The Morgan fingerprint density at radius 1 is 1.02 bits per heavy atom. The Balaban J connectivity index is 1.15. The first kappa shape index (κ1) is 29.2. The molecule has 43 heavy (non-hydrogen) atoms. The zero-order valence-corrected chi connectivity index (χ0v) is 25.4. The van der Waals surface area contributed by atoms with Gasteiger partial charge in [-0.25, -0.2) is 4.98 Å². The van der Waals surface area contributed by atoms with Crippen molar-refractivity contribution < 1.29 is 14.7 Å². The summed E-state index contributed by atoms with van der Waals surface area (Å²) >= 11 is 1.61. The molecular formula is C33H37N5O4S. The second-order valence-electron chi connectivity index (χ2n) is 11.8. The molecule has 4 heterocycles. The molecule has 0 spiro atoms. The second-order valence-corrected chi connectivity index (χ2v) is 12.7. The SMILES string of the molecule is CSc1cccc(C(=O)N2CC[C@@H](C(=O)N3CCC(O)(Cn4cnc5c(ccn5C)c4=O)CC3)[C@H](c3ccccc3)C2)c1. The number of aryl methyl sites for hydroxylation is 1. The van der Waals surface area contributed by atoms with Gasteiger partial charge in [0.2, 0.25) is 5.91 Å². The topological polar surface area (TPSA) is 101 Å². The first-order chi connectivity index (χ1) is 20.8. The summed E-state index contributed by atoms with van der Waals surface area (Å²) in [6, 6.07) is 19.4. The van der Waals surface area contributed by atoms with Crippen molar-refractivity contribution >= 4 is 34.6 Å². The van der Waals surface area contributed by atoms with Gasteiger partial charge in [-0.05, 0) is 55.3 Å². The molecule has 1 N–H and O–H groups in total. The van der Waals surface area contributed by atoms with Gasteiger partial charge in [0, 0.05) is 61.7 Å². The molecular weight excluding hydrogens is 562 g/mol. The molecule has 0 radical (unpaired) electrons. The summed E-state index contributed by atoms with van der Waals surface area (Å²) in [6.45, 7) is 1.94. The van der Waals surface area contributed by atoms with Crippen molar-refractivity contribution in [2.75, 3.05) is 32.4 Å². The van der Waals surface area contributed by atoms with Gasteiger partial charge in [-0.15, -0.1) is 11.8 Å². The molecule has 9 nitrogen and oxygen atoms in total. The molecule has 0 bridgehead atoms. The third-order valence-electron chi connectivity index (χ3n) is 9.08. The second kappa shape index (κ2) is 12.0. The maximum atomic E-state index is 14.0. The highest BCUT2D eigenvalue weighted by Gasteiger charge is 2.41. The normalized spacial score (nSPS) is 20.3. The average molecular weight is 600 g/mol. The quantitative estimate of drug-likeness (QED) is 0.339. The minimum absolute atomic E-state index is 0.0100. The van der Waals surface area contributed by atoms with E-state index < -0.39 is 5.60 Å². The Morgan fingerprint density at radius 3 is 2.53 bits per heavy atom. The highest BCUT2D eigenvalue weighted by atomic mass is 32.2. The van der Waals surface area contributed by atoms with Gasteiger partial charge >= 0.3 is 0 Å². The molecule has 0 unspecified atom stereocenters. The van der Waals surface area contributed by atoms with Gasteiger partial charge in [-0.2, -0.15) is 0 Å². The van der Waals surface area contributed by atoms with Crippen LogP contribution in [0, 0.1) is 5.92 Å². The van der Waals surface area contributed by atoms with Crippen LogP contribution in [-0.4, -0.2) is 78.9 Å². The van der Waals surface area contributed by atoms with Gasteiger partial charge in [-0.3, -0.25) is 19.0 Å². The number of amides is 2. The number of aromatic nitrogens is 3. The molecule has 0 saturated carbocycles. The summed E-state index contributed by atoms with van der Waals surface area (Å²) in [4.78, 5) is 49.7. The molecule has 2 aromatic carbocycles. The summed E-state index contributed by atoms with van der Waals surface area (Å²) < 4.78 is 3.28. The van der Waals surface area contributed by atoms with Gasteiger partial charge in [0.1, 0.15) is 12.0 Å². The van der Waals surface area contributed by atoms with Gasteiger partial charge < -0.3 is 19.5 Å². The molecule has 2 aliphatic rings. The molecule has 224 valence electrons. The highest BCUT2D eigenvalue weighted by molar-refractivity contribution is 7.98. The summed E-state index contributed by atoms with van der Waals surface area (Å²) in [6.07, 6.45) is 6.61. The number of nitrogens with zero attached hydrogens (tertiary/aromatic N) is 5. The lowest BCUT2D eigenvalue weighted by Gasteiger charge is -2.43. The molecule has 2 saturated heterocycles. The average Bonchev–Trinajstić information content (AvgIpc) is 3.43. The fourth-order valence-corrected chi connectivity index (χ4v) is 7.01. The highest BCUT2D eigenvalue weighted by Crippen LogP contribution is 2.36. The zero-order valence-electron chi connectivity index (χ0n) is 24.6. The predicted octanol–water partition coefficient (Wildman–Crippen LogP) is 3.76. The fraction of sp³-hybridized carbons (Fsp3) is 0.394. The Morgan fingerprint density at radius 2 is 1.79 bits per heavy atom. The molecule has 2 aliphatic heterocycles. The van der Waals surface area contributed by atoms with Crippen LogP contribution in [-0.2, 0) is 18.4 Å². The minimum Gasteiger partial charge on any atom is -0.388 e. The molecule has 10 heteroatoms. The van der Waals surface area contributed by atoms with E-state index in [4.69, 9.17) is 0 Å². The van der Waals surface area contributed by atoms with Crippen LogP contribution in [0.2, 0.25) is 0 Å². The molecule has 0 aliphatic carbocycles. The van der Waals surface area contributed by atoms with Crippen LogP contribution in [0.3, 0.4) is 0 Å². The maximum Gasteiger partial charge on any atom is 0.262 e. The lowest BCUT2D eigenvalue weighted by Crippen LogP contribution is -2.53. The van der Waals surface area contributed by atoms with E-state index in [1.165, 1.54) is 10.9 Å². The standard InChI is InChI=1S/C33H37N5O4S/c1-35-15-11-27-29(35)34-22-38(32(27)41)21-33(42)13-17-36(18-14-33)31(40)26-12-16-37(20-28(26)23-7-4-3-5-8-23)30(39)24-9-6-10-25(19-24)43-2/h3-11,15,19,22,26,28,42H,12-14,16-18,20-21H2,1-2H3/t26-,28+/m1/s1. The Labute approximate surface area is 255 Å². The van der Waals surface area contributed by atoms with Crippen LogP contribution >= 0.6 is 11.8 Å². The van der Waals surface area contributed by atoms with E-state index >= 15 is 0 Å². The summed E-state index contributed by atoms with van der Waals surface area (Å²) in [5, 5.41) is 12.0. The number of aliphatic hydroxyl groups is 1. The van der Waals surface area contributed by atoms with Crippen LogP contribution in [0.25, 0.3) is 11.0 Å². The summed E-state index contributed by atoms with van der Waals surface area (Å²) in [5.74, 6) is -0.332. The van der Waals surface area contributed by atoms with E-state index in [0.29, 0.717) is 62.0 Å². The first-order valence-corrected chi connectivity index (χ1v) is 16.0. The number of benzene rings is 2. The Bertz CT molecular complexity index is 1690. The van der Waals surface area contributed by atoms with Crippen molar-refractivity contribution in [1.82, 2.24) is 23.9 Å². The maximum absolute atomic E-state index is 14.0. The number of hydrogen-bond acceptors (Lipinski definition) is 6. The lowest BCUT2D eigenvalue weighted by molar-refractivity contribution is -0.142. The number of carbonyl (C=O) groups excluding carboxylic acids is 2. The van der Waals surface area contributed by atoms with Crippen LogP contribution < -0.4 is 5.56 Å². The van der Waals surface area contributed by atoms with Gasteiger partial charge in [-0.1, -0.05) is 36.4 Å². The van der Waals surface area contributed by atoms with Crippen LogP contribution in [0.1, 0.15) is 41.1 Å². The lowest BCUT2D eigenvalue weighted by atomic mass is 9.79. The number of rotatable bonds is 6. The minimum atomic E-state index is -1.11. The Hall–Kier alpha value is -3.89. The van der Waals surface area contributed by atoms with Crippen LogP contribution in [0.5, 0.6) is 0 Å². The zero-order chi connectivity index (χ0) is 30.1. The number of carbonyl (C=O) groups is 2. The number of piperidine rings is 2. The number of thioether (sulfide) groups is 1. The van der Waals surface area contributed by atoms with Crippen molar-refractivity contribution in [3.8, 4) is 0 Å². The van der Waals surface area contributed by atoms with Crippen molar-refractivity contribution in [2.24, 2.45) is 13.0 Å². The van der Waals surface area contributed by atoms with E-state index in [0.717, 1.165) is 10.5 Å². The molecule has 6 rings (SSSR count). The largest absolute Gasteiger partial charge is 0.388 e. The van der Waals surface area contributed by atoms with E-state index in [-0.39, 0.29) is 35.8 Å². The third-order valence-corrected chi connectivity index (χ3v) is 9.81. The van der Waals surface area contributed by atoms with Crippen LogP contribution in [0.4, 0.5) is 0 Å². The number of fused-ring (bicyclic) bond motifs is 1. The predicted molar refractivity (Wildman–Crippen MR) is 167 cm³/mol. The first-order valence-electron chi connectivity index (χ1n) is 14.8. The molecule has 2 amide bonds. The molecule has 4 aromatic rings. The Kier molecular flexibility index (Phi) is 8.15. The van der Waals surface area contributed by atoms with E-state index in [2.05, 4.69) is 4.98 Å². The van der Waals surface area contributed by atoms with Crippen LogP contribution in [0.15, 0.2) is 82.9 Å². The van der Waals surface area contributed by atoms with E-state index in [1.807, 2.05) is 77.7 Å². The van der Waals surface area contributed by atoms with E-state index in [1.54, 1.807) is 28.6 Å². The summed E-state index contributed by atoms with van der Waals surface area (Å²) in [7, 11) is 1.84. The van der Waals surface area contributed by atoms with Gasteiger partial charge in [0.15, 0.2) is 0 Å². The van der Waals surface area contributed by atoms with Gasteiger partial charge in [0.25, 0.3) is 11.5 Å². The smallest absolute Gasteiger partial charge is 0.262 e. The van der Waals surface area contributed by atoms with E-state index in [9.17, 15) is 19.5 Å². The fourth-order valence-electron chi connectivity index (χ4n) is 6.55. The van der Waals surface area contributed by atoms with Crippen molar-refractivity contribution in [2.45, 2.75) is 42.2 Å². The number of hydrogen-bond donors (Lipinski definition) is 1. The van der Waals surface area contributed by atoms with Crippen molar-refractivity contribution in [1.29, 1.82) is 0 Å². The van der Waals surface area contributed by atoms with Crippen molar-refractivity contribution in [3.05, 3.63) is 94.7 Å². The number of likely N-dealkylation sites (tertiary alicyclic amines) is 2. The van der Waals surface area contributed by atoms with Crippen molar-refractivity contribution in [3.63, 3.8) is 0 Å².